The van der Waals surface area contributed by atoms with E-state index in [1.54, 1.807) is 21.3 Å². The van der Waals surface area contributed by atoms with Crippen LogP contribution in [0.15, 0.2) is 17.1 Å². The van der Waals surface area contributed by atoms with Crippen molar-refractivity contribution in [3.8, 4) is 17.2 Å². The lowest BCUT2D eigenvalue weighted by Gasteiger charge is -2.20. The second-order valence-electron chi connectivity index (χ2n) is 5.71. The molecule has 118 valence electrons. The van der Waals surface area contributed by atoms with Crippen LogP contribution < -0.4 is 14.2 Å². The Labute approximate surface area is 128 Å². The zero-order valence-corrected chi connectivity index (χ0v) is 14.1. The quantitative estimate of drug-likeness (QED) is 0.718. The van der Waals surface area contributed by atoms with E-state index in [4.69, 9.17) is 19.2 Å². The molecule has 4 nitrogen and oxygen atoms in total. The number of benzene rings is 1. The average molecular weight is 293 g/mol. The second kappa shape index (κ2) is 7.91. The van der Waals surface area contributed by atoms with Gasteiger partial charge < -0.3 is 14.2 Å². The van der Waals surface area contributed by atoms with E-state index in [1.165, 1.54) is 0 Å². The molecular weight excluding hydrogens is 266 g/mol. The normalized spacial score (nSPS) is 11.7. The number of ether oxygens (including phenoxy) is 3. The summed E-state index contributed by atoms with van der Waals surface area (Å²) in [4.78, 5) is 4.73. The van der Waals surface area contributed by atoms with Crippen LogP contribution in [0.1, 0.15) is 33.3 Å². The van der Waals surface area contributed by atoms with Crippen LogP contribution >= 0.6 is 0 Å². The molecule has 0 heterocycles. The zero-order chi connectivity index (χ0) is 16.0. The van der Waals surface area contributed by atoms with E-state index < -0.39 is 0 Å². The van der Waals surface area contributed by atoms with Crippen LogP contribution in [0, 0.1) is 11.8 Å². The van der Waals surface area contributed by atoms with Crippen molar-refractivity contribution in [3.63, 3.8) is 0 Å². The van der Waals surface area contributed by atoms with E-state index in [0.29, 0.717) is 23.3 Å². The highest BCUT2D eigenvalue weighted by atomic mass is 16.5. The Hall–Kier alpha value is -1.71. The molecule has 0 spiro atoms. The first-order valence-electron chi connectivity index (χ1n) is 7.27. The van der Waals surface area contributed by atoms with Crippen LogP contribution in [0.3, 0.4) is 0 Å². The van der Waals surface area contributed by atoms with Crippen molar-refractivity contribution in [2.45, 2.75) is 33.7 Å². The molecule has 21 heavy (non-hydrogen) atoms. The molecule has 0 aliphatic heterocycles. The predicted molar refractivity (Wildman–Crippen MR) is 87.2 cm³/mol. The third-order valence-corrected chi connectivity index (χ3v) is 3.49. The third kappa shape index (κ3) is 4.38. The predicted octanol–water partition coefficient (Wildman–Crippen LogP) is 3.81. The summed E-state index contributed by atoms with van der Waals surface area (Å²) in [6.45, 7) is 8.75. The molecule has 0 saturated carbocycles. The van der Waals surface area contributed by atoms with Gasteiger partial charge in [0.15, 0.2) is 11.5 Å². The van der Waals surface area contributed by atoms with E-state index in [2.05, 4.69) is 27.7 Å². The van der Waals surface area contributed by atoms with Crippen molar-refractivity contribution < 1.29 is 14.2 Å². The van der Waals surface area contributed by atoms with Gasteiger partial charge in [-0.25, -0.2) is 0 Å². The van der Waals surface area contributed by atoms with E-state index in [9.17, 15) is 0 Å². The largest absolute Gasteiger partial charge is 0.496 e. The average Bonchev–Trinajstić information content (AvgIpc) is 2.45. The fraction of sp³-hybridized carbons (Fsp3) is 0.588. The smallest absolute Gasteiger partial charge is 0.164 e. The van der Waals surface area contributed by atoms with Gasteiger partial charge in [0.05, 0.1) is 27.4 Å². The molecule has 0 fully saturated rings. The van der Waals surface area contributed by atoms with Crippen molar-refractivity contribution in [2.75, 3.05) is 21.3 Å². The highest BCUT2D eigenvalue weighted by molar-refractivity contribution is 5.85. The minimum absolute atomic E-state index is 0.280. The molecule has 0 aliphatic carbocycles. The standard InChI is InChI=1S/C17H27NO3/c1-11(2)17(12(3)4)18-10-13-8-15(20-6)16(21-7)9-14(13)19-5/h8-12,17H,1-7H3. The minimum atomic E-state index is 0.280. The van der Waals surface area contributed by atoms with Crippen molar-refractivity contribution in [1.82, 2.24) is 0 Å². The van der Waals surface area contributed by atoms with Crippen molar-refractivity contribution in [3.05, 3.63) is 17.7 Å². The Balaban J connectivity index is 3.17. The van der Waals surface area contributed by atoms with Crippen LogP contribution in [0.5, 0.6) is 17.2 Å². The van der Waals surface area contributed by atoms with Gasteiger partial charge in [0, 0.05) is 17.8 Å². The molecule has 0 aromatic heterocycles. The van der Waals surface area contributed by atoms with Crippen LogP contribution in [0.4, 0.5) is 0 Å². The van der Waals surface area contributed by atoms with E-state index in [0.717, 1.165) is 11.3 Å². The Morgan fingerprint density at radius 3 is 1.71 bits per heavy atom. The number of hydrogen-bond donors (Lipinski definition) is 0. The second-order valence-corrected chi connectivity index (χ2v) is 5.71. The maximum Gasteiger partial charge on any atom is 0.164 e. The molecular formula is C17H27NO3. The molecule has 0 unspecified atom stereocenters. The lowest BCUT2D eigenvalue weighted by Crippen LogP contribution is -2.20. The highest BCUT2D eigenvalue weighted by Gasteiger charge is 2.16. The molecule has 1 rings (SSSR count). The maximum atomic E-state index is 5.41. The molecule has 0 bridgehead atoms. The molecule has 0 saturated heterocycles. The Bertz CT molecular complexity index is 473. The highest BCUT2D eigenvalue weighted by Crippen LogP contribution is 2.34. The number of hydrogen-bond acceptors (Lipinski definition) is 4. The number of nitrogens with zero attached hydrogens (tertiary/aromatic N) is 1. The van der Waals surface area contributed by atoms with E-state index >= 15 is 0 Å². The molecule has 1 aromatic carbocycles. The van der Waals surface area contributed by atoms with Crippen molar-refractivity contribution in [2.24, 2.45) is 16.8 Å². The molecule has 0 atom stereocenters. The molecule has 0 radical (unpaired) electrons. The van der Waals surface area contributed by atoms with Crippen molar-refractivity contribution in [1.29, 1.82) is 0 Å². The van der Waals surface area contributed by atoms with Gasteiger partial charge in [-0.2, -0.15) is 0 Å². The van der Waals surface area contributed by atoms with Gasteiger partial charge >= 0.3 is 0 Å². The summed E-state index contributed by atoms with van der Waals surface area (Å²) in [6.07, 6.45) is 1.87. The summed E-state index contributed by atoms with van der Waals surface area (Å²) < 4.78 is 16.0. The van der Waals surface area contributed by atoms with Gasteiger partial charge in [-0.15, -0.1) is 0 Å². The van der Waals surface area contributed by atoms with Crippen molar-refractivity contribution >= 4 is 6.21 Å². The molecule has 0 aliphatic rings. The maximum absolute atomic E-state index is 5.41. The third-order valence-electron chi connectivity index (χ3n) is 3.49. The summed E-state index contributed by atoms with van der Waals surface area (Å²) in [7, 11) is 4.87. The monoisotopic (exact) mass is 293 g/mol. The zero-order valence-electron chi connectivity index (χ0n) is 14.1. The van der Waals surface area contributed by atoms with Gasteiger partial charge in [-0.05, 0) is 17.9 Å². The summed E-state index contributed by atoms with van der Waals surface area (Å²) >= 11 is 0. The Kier molecular flexibility index (Phi) is 6.53. The lowest BCUT2D eigenvalue weighted by atomic mass is 9.94. The van der Waals surface area contributed by atoms with Gasteiger partial charge in [-0.1, -0.05) is 27.7 Å². The Morgan fingerprint density at radius 1 is 0.810 bits per heavy atom. The topological polar surface area (TPSA) is 40.0 Å². The summed E-state index contributed by atoms with van der Waals surface area (Å²) in [5, 5.41) is 0. The van der Waals surface area contributed by atoms with Gasteiger partial charge in [0.25, 0.3) is 0 Å². The first-order valence-corrected chi connectivity index (χ1v) is 7.27. The van der Waals surface area contributed by atoms with Gasteiger partial charge in [0.1, 0.15) is 5.75 Å². The summed E-state index contributed by atoms with van der Waals surface area (Å²) in [5.41, 5.74) is 0.890. The number of rotatable bonds is 7. The fourth-order valence-electron chi connectivity index (χ4n) is 2.43. The first-order chi connectivity index (χ1) is 9.94. The van der Waals surface area contributed by atoms with Crippen LogP contribution in [-0.2, 0) is 0 Å². The fourth-order valence-corrected chi connectivity index (χ4v) is 2.43. The number of aliphatic imine (C=N–C) groups is 1. The van der Waals surface area contributed by atoms with Crippen LogP contribution in [0.2, 0.25) is 0 Å². The molecule has 4 heteroatoms. The SMILES string of the molecule is COc1cc(OC)c(OC)cc1C=NC(C(C)C)C(C)C. The lowest BCUT2D eigenvalue weighted by molar-refractivity contribution is 0.348. The van der Waals surface area contributed by atoms with Crippen LogP contribution in [0.25, 0.3) is 0 Å². The van der Waals surface area contributed by atoms with E-state index in [1.807, 2.05) is 18.3 Å². The van der Waals surface area contributed by atoms with Crippen LogP contribution in [-0.4, -0.2) is 33.6 Å². The van der Waals surface area contributed by atoms with E-state index in [-0.39, 0.29) is 6.04 Å². The summed E-state index contributed by atoms with van der Waals surface area (Å²) in [6, 6.07) is 3.99. The molecule has 0 N–H and O–H groups in total. The molecule has 1 aromatic rings. The minimum Gasteiger partial charge on any atom is -0.496 e. The number of methoxy groups -OCH3 is 3. The van der Waals surface area contributed by atoms with Gasteiger partial charge in [-0.3, -0.25) is 4.99 Å². The Morgan fingerprint density at radius 2 is 1.29 bits per heavy atom. The first kappa shape index (κ1) is 17.3. The summed E-state index contributed by atoms with van der Waals surface area (Å²) in [5.74, 6) is 3.03. The van der Waals surface area contributed by atoms with Gasteiger partial charge in [0.2, 0.25) is 0 Å². The molecule has 0 amide bonds.